The fourth-order valence-corrected chi connectivity index (χ4v) is 4.08. The van der Waals surface area contributed by atoms with Crippen molar-refractivity contribution in [3.05, 3.63) is 47.0 Å². The minimum atomic E-state index is -0.298. The van der Waals surface area contributed by atoms with Gasteiger partial charge in [-0.05, 0) is 36.5 Å². The molecule has 3 atom stereocenters. The van der Waals surface area contributed by atoms with Crippen molar-refractivity contribution in [1.29, 1.82) is 0 Å². The number of nitrogens with one attached hydrogen (secondary N) is 1. The number of aliphatic hydroxyl groups is 1. The van der Waals surface area contributed by atoms with Gasteiger partial charge in [0.25, 0.3) is 0 Å². The van der Waals surface area contributed by atoms with E-state index in [0.29, 0.717) is 30.3 Å². The smallest absolute Gasteiger partial charge is 0.170 e. The van der Waals surface area contributed by atoms with Crippen LogP contribution in [-0.2, 0) is 4.79 Å². The van der Waals surface area contributed by atoms with Crippen molar-refractivity contribution < 1.29 is 14.3 Å². The van der Waals surface area contributed by atoms with Crippen LogP contribution in [0.2, 0.25) is 0 Å². The Morgan fingerprint density at radius 2 is 1.88 bits per heavy atom. The number of carbonyl (C=O) groups excluding carboxylic acids is 1. The molecule has 5 heteroatoms. The first-order valence-electron chi connectivity index (χ1n) is 8.67. The van der Waals surface area contributed by atoms with E-state index in [9.17, 15) is 14.3 Å². The van der Waals surface area contributed by atoms with Gasteiger partial charge in [0, 0.05) is 18.9 Å². The van der Waals surface area contributed by atoms with Gasteiger partial charge in [-0.25, -0.2) is 4.39 Å². The van der Waals surface area contributed by atoms with Crippen LogP contribution in [-0.4, -0.2) is 28.8 Å². The maximum atomic E-state index is 13.1. The van der Waals surface area contributed by atoms with Crippen molar-refractivity contribution in [1.82, 2.24) is 5.32 Å². The molecule has 0 aromatic heterocycles. The van der Waals surface area contributed by atoms with E-state index in [1.165, 1.54) is 25.0 Å². The number of nitrogens with zero attached hydrogens (tertiary/aromatic N) is 1. The molecule has 4 rings (SSSR count). The monoisotopic (exact) mass is 328 g/mol. The molecular formula is C19H21FN2O2. The number of hydrogen-bond acceptors (Lipinski definition) is 4. The molecule has 1 fully saturated rings. The molecule has 4 nitrogen and oxygen atoms in total. The lowest BCUT2D eigenvalue weighted by atomic mass is 9.82. The van der Waals surface area contributed by atoms with E-state index < -0.39 is 0 Å². The fourth-order valence-electron chi connectivity index (χ4n) is 4.08. The summed E-state index contributed by atoms with van der Waals surface area (Å²) in [5.74, 6) is 0.190. The third-order valence-electron chi connectivity index (χ3n) is 5.36. The number of ketones is 1. The summed E-state index contributed by atoms with van der Waals surface area (Å²) < 4.78 is 13.1. The molecule has 1 heterocycles. The van der Waals surface area contributed by atoms with Crippen LogP contribution in [0.5, 0.6) is 0 Å². The summed E-state index contributed by atoms with van der Waals surface area (Å²) in [7, 11) is 0. The van der Waals surface area contributed by atoms with Crippen LogP contribution in [0.1, 0.15) is 50.0 Å². The Labute approximate surface area is 140 Å². The summed E-state index contributed by atoms with van der Waals surface area (Å²) in [6.07, 6.45) is 5.18. The highest BCUT2D eigenvalue weighted by Gasteiger charge is 2.37. The van der Waals surface area contributed by atoms with Crippen molar-refractivity contribution in [2.45, 2.75) is 56.5 Å². The quantitative estimate of drug-likeness (QED) is 0.875. The van der Waals surface area contributed by atoms with Crippen LogP contribution in [0.15, 0.2) is 40.6 Å². The molecule has 2 N–H and O–H groups in total. The van der Waals surface area contributed by atoms with Crippen molar-refractivity contribution in [2.24, 2.45) is 4.99 Å². The van der Waals surface area contributed by atoms with Gasteiger partial charge < -0.3 is 10.4 Å². The van der Waals surface area contributed by atoms with Gasteiger partial charge in [-0.15, -0.1) is 0 Å². The van der Waals surface area contributed by atoms with E-state index in [-0.39, 0.29) is 29.3 Å². The Hall–Kier alpha value is -2.17. The van der Waals surface area contributed by atoms with Gasteiger partial charge >= 0.3 is 0 Å². The maximum Gasteiger partial charge on any atom is 0.170 e. The molecule has 0 spiro atoms. The molecular weight excluding hydrogens is 307 g/mol. The molecule has 1 aromatic carbocycles. The zero-order valence-corrected chi connectivity index (χ0v) is 13.5. The summed E-state index contributed by atoms with van der Waals surface area (Å²) in [6.45, 7) is 0. The van der Waals surface area contributed by atoms with Crippen LogP contribution in [0, 0.1) is 5.82 Å². The second kappa shape index (κ2) is 6.04. The average Bonchev–Trinajstić information content (AvgIpc) is 2.98. The second-order valence-electron chi connectivity index (χ2n) is 6.98. The molecule has 0 amide bonds. The lowest BCUT2D eigenvalue weighted by molar-refractivity contribution is -0.116. The molecule has 24 heavy (non-hydrogen) atoms. The number of Topliss-reactive ketones (excluding diaryl/α,β-unsaturated/α-hetero) is 1. The number of carbonyl (C=O) groups is 1. The number of hydrogen-bond donors (Lipinski definition) is 2. The lowest BCUT2D eigenvalue weighted by Crippen LogP contribution is -2.39. The number of rotatable bonds is 2. The normalized spacial score (nSPS) is 30.0. The van der Waals surface area contributed by atoms with E-state index in [0.717, 1.165) is 18.4 Å². The number of amidine groups is 1. The third-order valence-corrected chi connectivity index (χ3v) is 5.36. The van der Waals surface area contributed by atoms with Crippen molar-refractivity contribution in [2.75, 3.05) is 0 Å². The number of halogens is 1. The van der Waals surface area contributed by atoms with Crippen molar-refractivity contribution in [3.8, 4) is 0 Å². The lowest BCUT2D eigenvalue weighted by Gasteiger charge is -2.25. The number of allylic oxidation sites excluding steroid dienone is 1. The maximum absolute atomic E-state index is 13.1. The molecule has 2 aliphatic carbocycles. The molecule has 1 aromatic rings. The van der Waals surface area contributed by atoms with E-state index in [4.69, 9.17) is 0 Å². The highest BCUT2D eigenvalue weighted by atomic mass is 19.1. The van der Waals surface area contributed by atoms with Crippen LogP contribution in [0.3, 0.4) is 0 Å². The topological polar surface area (TPSA) is 61.7 Å². The van der Waals surface area contributed by atoms with Gasteiger partial charge in [-0.2, -0.15) is 0 Å². The van der Waals surface area contributed by atoms with Gasteiger partial charge in [-0.1, -0.05) is 25.0 Å². The first-order valence-corrected chi connectivity index (χ1v) is 8.67. The first-order chi connectivity index (χ1) is 11.6. The summed E-state index contributed by atoms with van der Waals surface area (Å²) in [6, 6.07) is 6.69. The Bertz CT molecular complexity index is 723. The van der Waals surface area contributed by atoms with Crippen LogP contribution in [0.25, 0.3) is 0 Å². The predicted molar refractivity (Wildman–Crippen MR) is 89.7 cm³/mol. The highest BCUT2D eigenvalue weighted by molar-refractivity contribution is 6.23. The van der Waals surface area contributed by atoms with Crippen molar-refractivity contribution >= 4 is 11.6 Å². The molecule has 1 aliphatic heterocycles. The van der Waals surface area contributed by atoms with Gasteiger partial charge in [0.1, 0.15) is 17.4 Å². The second-order valence-corrected chi connectivity index (χ2v) is 6.98. The van der Waals surface area contributed by atoms with E-state index in [1.54, 1.807) is 12.1 Å². The van der Waals surface area contributed by atoms with Crippen LogP contribution >= 0.6 is 0 Å². The minimum Gasteiger partial charge on any atom is -0.511 e. The highest BCUT2D eigenvalue weighted by Crippen LogP contribution is 2.35. The van der Waals surface area contributed by atoms with E-state index >= 15 is 0 Å². The zero-order chi connectivity index (χ0) is 16.7. The van der Waals surface area contributed by atoms with Crippen LogP contribution in [0.4, 0.5) is 4.39 Å². The number of fused-ring (bicyclic) bond motifs is 1. The third kappa shape index (κ3) is 2.72. The standard InChI is InChI=1S/C19H21FN2O2/c20-13-7-5-11(6-8-13)12-9-16(23)18(17(24)10-12)19-21-14-3-1-2-4-15(14)22-19/h5-8,12,14-15,23H,1-4,9-10H2,(H,21,22)/t12?,14-,15+. The molecule has 1 unspecified atom stereocenters. The van der Waals surface area contributed by atoms with Gasteiger partial charge in [-0.3, -0.25) is 9.79 Å². The molecule has 1 saturated carbocycles. The summed E-state index contributed by atoms with van der Waals surface area (Å²) >= 11 is 0. The van der Waals surface area contributed by atoms with Gasteiger partial charge in [0.2, 0.25) is 0 Å². The van der Waals surface area contributed by atoms with Crippen molar-refractivity contribution in [3.63, 3.8) is 0 Å². The Balaban J connectivity index is 1.57. The fraction of sp³-hybridized carbons (Fsp3) is 0.474. The Morgan fingerprint density at radius 1 is 1.12 bits per heavy atom. The zero-order valence-electron chi connectivity index (χ0n) is 13.5. The largest absolute Gasteiger partial charge is 0.511 e. The summed E-state index contributed by atoms with van der Waals surface area (Å²) in [5, 5.41) is 13.8. The Kier molecular flexibility index (Phi) is 3.87. The molecule has 0 saturated heterocycles. The minimum absolute atomic E-state index is 0.0852. The average molecular weight is 328 g/mol. The number of aliphatic hydroxyl groups excluding tert-OH is 1. The number of benzene rings is 1. The molecule has 3 aliphatic rings. The van der Waals surface area contributed by atoms with Gasteiger partial charge in [0.05, 0.1) is 11.6 Å². The summed E-state index contributed by atoms with van der Waals surface area (Å²) in [5.41, 5.74) is 1.24. The summed E-state index contributed by atoms with van der Waals surface area (Å²) in [4.78, 5) is 17.3. The molecule has 0 radical (unpaired) electrons. The van der Waals surface area contributed by atoms with Crippen LogP contribution < -0.4 is 5.32 Å². The Morgan fingerprint density at radius 3 is 2.58 bits per heavy atom. The van der Waals surface area contributed by atoms with E-state index in [2.05, 4.69) is 10.3 Å². The van der Waals surface area contributed by atoms with Gasteiger partial charge in [0.15, 0.2) is 5.78 Å². The molecule has 126 valence electrons. The number of aliphatic imine (C=N–C) groups is 1. The first kappa shape index (κ1) is 15.4. The van der Waals surface area contributed by atoms with E-state index in [1.807, 2.05) is 0 Å². The predicted octanol–water partition coefficient (Wildman–Crippen LogP) is 3.40. The molecule has 0 bridgehead atoms. The SMILES string of the molecule is O=C1CC(c2ccc(F)cc2)CC(O)=C1C1=N[C@H]2CCCC[C@H]2N1.